The molecule has 0 aliphatic heterocycles. The van der Waals surface area contributed by atoms with Crippen LogP contribution < -0.4 is 4.74 Å². The quantitative estimate of drug-likeness (QED) is 0.360. The predicted molar refractivity (Wildman–Crippen MR) is 130 cm³/mol. The van der Waals surface area contributed by atoms with Gasteiger partial charge in [0.1, 0.15) is 5.75 Å². The van der Waals surface area contributed by atoms with E-state index >= 15 is 0 Å². The van der Waals surface area contributed by atoms with E-state index in [-0.39, 0.29) is 0 Å². The largest absolute Gasteiger partial charge is 0.496 e. The van der Waals surface area contributed by atoms with Crippen LogP contribution in [0.15, 0.2) is 67.4 Å². The molecule has 31 heavy (non-hydrogen) atoms. The second-order valence-electron chi connectivity index (χ2n) is 7.89. The molecule has 3 heteroatoms. The molecule has 0 amide bonds. The van der Waals surface area contributed by atoms with E-state index in [0.29, 0.717) is 0 Å². The first-order chi connectivity index (χ1) is 15.1. The van der Waals surface area contributed by atoms with Crippen LogP contribution in [0.25, 0.3) is 11.3 Å². The molecule has 0 unspecified atom stereocenters. The van der Waals surface area contributed by atoms with Crippen LogP contribution in [-0.2, 0) is 25.9 Å². The Labute approximate surface area is 187 Å². The number of pyridine rings is 1. The van der Waals surface area contributed by atoms with Gasteiger partial charge in [0.15, 0.2) is 0 Å². The van der Waals surface area contributed by atoms with Crippen molar-refractivity contribution in [3.8, 4) is 17.0 Å². The number of nitrogens with zero attached hydrogens (tertiary/aromatic N) is 2. The maximum atomic E-state index is 5.92. The lowest BCUT2D eigenvalue weighted by Crippen LogP contribution is -2.23. The summed E-state index contributed by atoms with van der Waals surface area (Å²) in [6.07, 6.45) is 5.92. The molecule has 0 saturated heterocycles. The minimum absolute atomic E-state index is 0.758. The SMILES string of the molecule is C=CCN(Cc1ccccc1)Cc1cnc(-c2c(CC)cccc2CC)c(C)c1OC. The minimum atomic E-state index is 0.758. The summed E-state index contributed by atoms with van der Waals surface area (Å²) < 4.78 is 5.92. The number of aromatic nitrogens is 1. The number of benzene rings is 2. The van der Waals surface area contributed by atoms with E-state index in [1.807, 2.05) is 12.3 Å². The smallest absolute Gasteiger partial charge is 0.129 e. The Kier molecular flexibility index (Phi) is 8.02. The monoisotopic (exact) mass is 414 g/mol. The Bertz CT molecular complexity index is 989. The van der Waals surface area contributed by atoms with Crippen LogP contribution >= 0.6 is 0 Å². The molecule has 1 heterocycles. The van der Waals surface area contributed by atoms with Crippen LogP contribution in [0.2, 0.25) is 0 Å². The zero-order valence-electron chi connectivity index (χ0n) is 19.3. The van der Waals surface area contributed by atoms with Crippen LogP contribution in [0.1, 0.15) is 41.7 Å². The van der Waals surface area contributed by atoms with Crippen molar-refractivity contribution in [2.75, 3.05) is 13.7 Å². The molecule has 162 valence electrons. The predicted octanol–water partition coefficient (Wildman–Crippen LogP) is 6.38. The Morgan fingerprint density at radius 2 is 1.61 bits per heavy atom. The standard InChI is InChI=1S/C28H34N2O/c1-6-17-30(19-22-13-10-9-11-14-22)20-25-18-29-27(21(4)28(25)31-5)26-23(7-2)15-12-16-24(26)8-3/h6,9-16,18H,1,7-8,17,19-20H2,2-5H3. The van der Waals surface area contributed by atoms with E-state index in [0.717, 1.165) is 55.0 Å². The maximum Gasteiger partial charge on any atom is 0.129 e. The molecule has 3 aromatic rings. The fourth-order valence-corrected chi connectivity index (χ4v) is 4.29. The molecule has 0 aliphatic carbocycles. The van der Waals surface area contributed by atoms with E-state index in [2.05, 4.69) is 80.8 Å². The third-order valence-corrected chi connectivity index (χ3v) is 5.81. The van der Waals surface area contributed by atoms with Crippen molar-refractivity contribution in [3.05, 3.63) is 95.2 Å². The molecular weight excluding hydrogens is 380 g/mol. The molecule has 0 bridgehead atoms. The molecule has 2 aromatic carbocycles. The summed E-state index contributed by atoms with van der Waals surface area (Å²) in [6, 6.07) is 17.1. The molecule has 0 atom stereocenters. The first-order valence-electron chi connectivity index (χ1n) is 11.1. The van der Waals surface area contributed by atoms with Gasteiger partial charge in [-0.1, -0.05) is 68.5 Å². The number of rotatable bonds is 10. The van der Waals surface area contributed by atoms with Gasteiger partial charge >= 0.3 is 0 Å². The second kappa shape index (κ2) is 10.9. The fourth-order valence-electron chi connectivity index (χ4n) is 4.29. The minimum Gasteiger partial charge on any atom is -0.496 e. The van der Waals surface area contributed by atoms with E-state index in [1.165, 1.54) is 22.3 Å². The van der Waals surface area contributed by atoms with Gasteiger partial charge in [0.05, 0.1) is 12.8 Å². The highest BCUT2D eigenvalue weighted by molar-refractivity contribution is 5.73. The van der Waals surface area contributed by atoms with Crippen molar-refractivity contribution < 1.29 is 4.74 Å². The first kappa shape index (κ1) is 22.8. The van der Waals surface area contributed by atoms with Crippen molar-refractivity contribution in [2.45, 2.75) is 46.7 Å². The molecule has 0 saturated carbocycles. The lowest BCUT2D eigenvalue weighted by atomic mass is 9.92. The Morgan fingerprint density at radius 1 is 0.935 bits per heavy atom. The third kappa shape index (κ3) is 5.23. The fraction of sp³-hybridized carbons (Fsp3) is 0.321. The van der Waals surface area contributed by atoms with E-state index in [1.54, 1.807) is 7.11 Å². The molecule has 3 rings (SSSR count). The lowest BCUT2D eigenvalue weighted by molar-refractivity contribution is 0.279. The maximum absolute atomic E-state index is 5.92. The summed E-state index contributed by atoms with van der Waals surface area (Å²) >= 11 is 0. The summed E-state index contributed by atoms with van der Waals surface area (Å²) in [6.45, 7) is 12.9. The van der Waals surface area contributed by atoms with Crippen LogP contribution in [0, 0.1) is 6.92 Å². The van der Waals surface area contributed by atoms with E-state index in [4.69, 9.17) is 9.72 Å². The van der Waals surface area contributed by atoms with Gasteiger partial charge < -0.3 is 4.74 Å². The first-order valence-corrected chi connectivity index (χ1v) is 11.1. The van der Waals surface area contributed by atoms with Crippen molar-refractivity contribution in [3.63, 3.8) is 0 Å². The van der Waals surface area contributed by atoms with Crippen LogP contribution in [-0.4, -0.2) is 23.5 Å². The van der Waals surface area contributed by atoms with Crippen molar-refractivity contribution >= 4 is 0 Å². The molecule has 0 N–H and O–H groups in total. The molecule has 0 aliphatic rings. The highest BCUT2D eigenvalue weighted by Gasteiger charge is 2.19. The molecule has 0 fully saturated rings. The van der Waals surface area contributed by atoms with Gasteiger partial charge in [0.25, 0.3) is 0 Å². The average Bonchev–Trinajstić information content (AvgIpc) is 2.80. The zero-order valence-corrected chi connectivity index (χ0v) is 19.3. The van der Waals surface area contributed by atoms with Gasteiger partial charge in [-0.05, 0) is 36.5 Å². The number of hydrogen-bond acceptors (Lipinski definition) is 3. The normalized spacial score (nSPS) is 11.0. The van der Waals surface area contributed by atoms with E-state index in [9.17, 15) is 0 Å². The Balaban J connectivity index is 1.99. The summed E-state index contributed by atoms with van der Waals surface area (Å²) in [5.74, 6) is 0.931. The zero-order chi connectivity index (χ0) is 22.2. The van der Waals surface area contributed by atoms with E-state index < -0.39 is 0 Å². The summed E-state index contributed by atoms with van der Waals surface area (Å²) in [5, 5.41) is 0. The van der Waals surface area contributed by atoms with Gasteiger partial charge in [-0.25, -0.2) is 0 Å². The van der Waals surface area contributed by atoms with Crippen LogP contribution in [0.3, 0.4) is 0 Å². The number of hydrogen-bond donors (Lipinski definition) is 0. The Hall–Kier alpha value is -2.91. The van der Waals surface area contributed by atoms with Crippen LogP contribution in [0.4, 0.5) is 0 Å². The summed E-state index contributed by atoms with van der Waals surface area (Å²) in [4.78, 5) is 7.32. The summed E-state index contributed by atoms with van der Waals surface area (Å²) in [5.41, 5.74) is 8.47. The van der Waals surface area contributed by atoms with Gasteiger partial charge in [-0.15, -0.1) is 6.58 Å². The molecule has 3 nitrogen and oxygen atoms in total. The molecular formula is C28H34N2O. The highest BCUT2D eigenvalue weighted by atomic mass is 16.5. The topological polar surface area (TPSA) is 25.4 Å². The highest BCUT2D eigenvalue weighted by Crippen LogP contribution is 2.36. The number of ether oxygens (including phenoxy) is 1. The molecule has 0 radical (unpaired) electrons. The summed E-state index contributed by atoms with van der Waals surface area (Å²) in [7, 11) is 1.76. The number of methoxy groups -OCH3 is 1. The van der Waals surface area contributed by atoms with Gasteiger partial charge in [-0.3, -0.25) is 9.88 Å². The number of aryl methyl sites for hydroxylation is 2. The van der Waals surface area contributed by atoms with Crippen LogP contribution in [0.5, 0.6) is 5.75 Å². The Morgan fingerprint density at radius 3 is 2.19 bits per heavy atom. The second-order valence-corrected chi connectivity index (χ2v) is 7.89. The lowest BCUT2D eigenvalue weighted by Gasteiger charge is -2.24. The van der Waals surface area contributed by atoms with Crippen molar-refractivity contribution in [1.29, 1.82) is 0 Å². The van der Waals surface area contributed by atoms with Crippen molar-refractivity contribution in [2.24, 2.45) is 0 Å². The van der Waals surface area contributed by atoms with Crippen molar-refractivity contribution in [1.82, 2.24) is 9.88 Å². The van der Waals surface area contributed by atoms with Gasteiger partial charge in [-0.2, -0.15) is 0 Å². The molecule has 0 spiro atoms. The van der Waals surface area contributed by atoms with Gasteiger partial charge in [0.2, 0.25) is 0 Å². The molecule has 1 aromatic heterocycles. The third-order valence-electron chi connectivity index (χ3n) is 5.81. The average molecular weight is 415 g/mol. The van der Waals surface area contributed by atoms with Gasteiger partial charge in [0, 0.05) is 42.5 Å².